The number of aromatic nitrogens is 1. The summed E-state index contributed by atoms with van der Waals surface area (Å²) in [6.45, 7) is 6.70. The first-order valence-corrected chi connectivity index (χ1v) is 12.4. The minimum atomic E-state index is -4.41. The molecule has 0 unspecified atom stereocenters. The molecule has 1 heterocycles. The molecule has 3 N–H and O–H groups in total. The molecular formula is C27H34F3N3O3. The number of alkyl halides is 3. The lowest BCUT2D eigenvalue weighted by molar-refractivity contribution is -0.139. The lowest BCUT2D eigenvalue weighted by Crippen LogP contribution is -2.19. The van der Waals surface area contributed by atoms with Crippen molar-refractivity contribution in [3.8, 4) is 0 Å². The third-order valence-electron chi connectivity index (χ3n) is 6.45. The first kappa shape index (κ1) is 27.7. The summed E-state index contributed by atoms with van der Waals surface area (Å²) in [7, 11) is 0. The molecular weight excluding hydrogens is 471 g/mol. The second-order valence-electron chi connectivity index (χ2n) is 9.10. The Morgan fingerprint density at radius 3 is 2.61 bits per heavy atom. The second kappa shape index (κ2) is 12.9. The topological polar surface area (TPSA) is 83.5 Å². The van der Waals surface area contributed by atoms with Crippen LogP contribution in [0.15, 0.2) is 36.9 Å². The SMILES string of the molecule is C=C(NOCc1ccc(C2CCCCC2)c(C(F)(F)F)c1)c1ccc(CNCCC(=O)O)c(CC)n1. The number of carbonyl (C=O) groups is 1. The molecule has 6 nitrogen and oxygen atoms in total. The van der Waals surface area contributed by atoms with Gasteiger partial charge in [0.2, 0.25) is 0 Å². The van der Waals surface area contributed by atoms with Crippen molar-refractivity contribution in [3.63, 3.8) is 0 Å². The van der Waals surface area contributed by atoms with E-state index >= 15 is 0 Å². The predicted octanol–water partition coefficient (Wildman–Crippen LogP) is 5.97. The van der Waals surface area contributed by atoms with Crippen LogP contribution in [0.2, 0.25) is 0 Å². The number of pyridine rings is 1. The molecule has 1 aromatic carbocycles. The second-order valence-corrected chi connectivity index (χ2v) is 9.10. The van der Waals surface area contributed by atoms with Crippen molar-refractivity contribution in [1.29, 1.82) is 0 Å². The van der Waals surface area contributed by atoms with E-state index in [2.05, 4.69) is 22.4 Å². The van der Waals surface area contributed by atoms with Gasteiger partial charge in [-0.25, -0.2) is 0 Å². The zero-order chi connectivity index (χ0) is 26.1. The minimum absolute atomic E-state index is 0.0405. The molecule has 1 aliphatic carbocycles. The minimum Gasteiger partial charge on any atom is -0.481 e. The number of benzene rings is 1. The number of nitrogens with zero attached hydrogens (tertiary/aromatic N) is 1. The van der Waals surface area contributed by atoms with Gasteiger partial charge in [-0.2, -0.15) is 13.2 Å². The van der Waals surface area contributed by atoms with E-state index in [4.69, 9.17) is 9.94 Å². The Bertz CT molecular complexity index is 1050. The zero-order valence-corrected chi connectivity index (χ0v) is 20.6. The molecule has 1 aliphatic rings. The highest BCUT2D eigenvalue weighted by Crippen LogP contribution is 2.41. The van der Waals surface area contributed by atoms with Crippen LogP contribution in [0.4, 0.5) is 13.2 Å². The maximum absolute atomic E-state index is 13.8. The molecule has 0 saturated heterocycles. The summed E-state index contributed by atoms with van der Waals surface area (Å²) in [5.41, 5.74) is 5.69. The Morgan fingerprint density at radius 2 is 1.94 bits per heavy atom. The molecule has 1 fully saturated rings. The monoisotopic (exact) mass is 505 g/mol. The molecule has 1 saturated carbocycles. The average Bonchev–Trinajstić information content (AvgIpc) is 2.86. The van der Waals surface area contributed by atoms with E-state index in [0.717, 1.165) is 43.4 Å². The van der Waals surface area contributed by atoms with Crippen molar-refractivity contribution >= 4 is 11.7 Å². The van der Waals surface area contributed by atoms with E-state index in [1.807, 2.05) is 13.0 Å². The van der Waals surface area contributed by atoms with Crippen LogP contribution in [0.1, 0.15) is 85.0 Å². The van der Waals surface area contributed by atoms with Gasteiger partial charge in [-0.3, -0.25) is 20.1 Å². The normalized spacial score (nSPS) is 14.6. The molecule has 2 aromatic rings. The van der Waals surface area contributed by atoms with Gasteiger partial charge in [-0.15, -0.1) is 0 Å². The number of carboxylic acid groups (broad SMARTS) is 1. The molecule has 0 bridgehead atoms. The number of hydrogen-bond donors (Lipinski definition) is 3. The van der Waals surface area contributed by atoms with Crippen molar-refractivity contribution in [2.75, 3.05) is 6.54 Å². The van der Waals surface area contributed by atoms with Crippen LogP contribution in [0.3, 0.4) is 0 Å². The molecule has 9 heteroatoms. The molecule has 3 rings (SSSR count). The molecule has 196 valence electrons. The van der Waals surface area contributed by atoms with Crippen LogP contribution < -0.4 is 10.8 Å². The Hall–Kier alpha value is -2.91. The highest BCUT2D eigenvalue weighted by molar-refractivity contribution is 5.66. The fourth-order valence-corrected chi connectivity index (χ4v) is 4.55. The number of aliphatic carboxylic acids is 1. The van der Waals surface area contributed by atoms with Gasteiger partial charge in [-0.1, -0.05) is 51.0 Å². The lowest BCUT2D eigenvalue weighted by Gasteiger charge is -2.25. The quantitative estimate of drug-likeness (QED) is 0.244. The Morgan fingerprint density at radius 1 is 1.19 bits per heavy atom. The summed E-state index contributed by atoms with van der Waals surface area (Å²) in [5, 5.41) is 11.8. The number of hydrogen-bond acceptors (Lipinski definition) is 5. The van der Waals surface area contributed by atoms with Gasteiger partial charge in [0.05, 0.1) is 30.0 Å². The third kappa shape index (κ3) is 7.80. The summed E-state index contributed by atoms with van der Waals surface area (Å²) < 4.78 is 41.3. The maximum Gasteiger partial charge on any atom is 0.416 e. The molecule has 1 aromatic heterocycles. The van der Waals surface area contributed by atoms with Gasteiger partial charge in [0, 0.05) is 18.8 Å². The van der Waals surface area contributed by atoms with Crippen LogP contribution in [0.25, 0.3) is 5.70 Å². The lowest BCUT2D eigenvalue weighted by atomic mass is 9.81. The highest BCUT2D eigenvalue weighted by Gasteiger charge is 2.35. The summed E-state index contributed by atoms with van der Waals surface area (Å²) in [6, 6.07) is 8.15. The van der Waals surface area contributed by atoms with Crippen molar-refractivity contribution in [2.24, 2.45) is 0 Å². The molecule has 0 aliphatic heterocycles. The van der Waals surface area contributed by atoms with E-state index in [1.54, 1.807) is 18.2 Å². The van der Waals surface area contributed by atoms with Crippen LogP contribution in [0, 0.1) is 0 Å². The number of aryl methyl sites for hydroxylation is 1. The van der Waals surface area contributed by atoms with Gasteiger partial charge in [0.1, 0.15) is 0 Å². The Balaban J connectivity index is 1.59. The third-order valence-corrected chi connectivity index (χ3v) is 6.45. The van der Waals surface area contributed by atoms with Crippen molar-refractivity contribution in [2.45, 2.75) is 77.1 Å². The fourth-order valence-electron chi connectivity index (χ4n) is 4.55. The van der Waals surface area contributed by atoms with Crippen molar-refractivity contribution in [1.82, 2.24) is 15.8 Å². The molecule has 36 heavy (non-hydrogen) atoms. The van der Waals surface area contributed by atoms with Crippen LogP contribution in [0.5, 0.6) is 0 Å². The number of halogens is 3. The Labute approximate surface area is 209 Å². The smallest absolute Gasteiger partial charge is 0.416 e. The number of rotatable bonds is 12. The maximum atomic E-state index is 13.8. The fraction of sp³-hybridized carbons (Fsp3) is 0.481. The van der Waals surface area contributed by atoms with E-state index < -0.39 is 17.7 Å². The van der Waals surface area contributed by atoms with Crippen LogP contribution in [-0.4, -0.2) is 22.6 Å². The zero-order valence-electron chi connectivity index (χ0n) is 20.6. The van der Waals surface area contributed by atoms with Crippen LogP contribution in [-0.2, 0) is 35.4 Å². The van der Waals surface area contributed by atoms with Crippen molar-refractivity contribution < 1.29 is 27.9 Å². The average molecular weight is 506 g/mol. The molecule has 0 atom stereocenters. The highest BCUT2D eigenvalue weighted by atomic mass is 19.4. The van der Waals surface area contributed by atoms with Gasteiger partial charge in [0.25, 0.3) is 0 Å². The summed E-state index contributed by atoms with van der Waals surface area (Å²) >= 11 is 0. The first-order chi connectivity index (χ1) is 17.2. The van der Waals surface area contributed by atoms with E-state index in [9.17, 15) is 18.0 Å². The van der Waals surface area contributed by atoms with Gasteiger partial charge < -0.3 is 10.4 Å². The van der Waals surface area contributed by atoms with Gasteiger partial charge in [-0.05, 0) is 54.0 Å². The predicted molar refractivity (Wildman–Crippen MR) is 132 cm³/mol. The van der Waals surface area contributed by atoms with Gasteiger partial charge in [0.15, 0.2) is 0 Å². The number of nitrogens with one attached hydrogen (secondary N) is 2. The summed E-state index contributed by atoms with van der Waals surface area (Å²) in [5.74, 6) is -0.902. The van der Waals surface area contributed by atoms with Crippen molar-refractivity contribution in [3.05, 3.63) is 70.6 Å². The van der Waals surface area contributed by atoms with E-state index in [0.29, 0.717) is 42.0 Å². The standard InChI is InChI=1S/C27H34F3N3O3/c1-3-24-21(16-31-14-13-26(34)35)10-12-25(32-24)18(2)33-36-17-19-9-11-22(20-7-5-4-6-8-20)23(15-19)27(28,29)30/h9-12,15,20,31,33H,2-8,13-14,16-17H2,1H3,(H,34,35). The van der Waals surface area contributed by atoms with E-state index in [1.165, 1.54) is 6.07 Å². The summed E-state index contributed by atoms with van der Waals surface area (Å²) in [4.78, 5) is 20.7. The largest absolute Gasteiger partial charge is 0.481 e. The number of hydroxylamine groups is 1. The van der Waals surface area contributed by atoms with Gasteiger partial charge >= 0.3 is 12.1 Å². The van der Waals surface area contributed by atoms with E-state index in [-0.39, 0.29) is 18.9 Å². The first-order valence-electron chi connectivity index (χ1n) is 12.4. The Kier molecular flexibility index (Phi) is 9.89. The molecule has 0 spiro atoms. The number of carboxylic acids is 1. The molecule has 0 amide bonds. The van der Waals surface area contributed by atoms with Crippen LogP contribution >= 0.6 is 0 Å². The molecule has 0 radical (unpaired) electrons. The summed E-state index contributed by atoms with van der Waals surface area (Å²) in [6.07, 6.45) is 0.910.